The van der Waals surface area contributed by atoms with E-state index in [4.69, 9.17) is 5.73 Å². The van der Waals surface area contributed by atoms with Gasteiger partial charge in [-0.05, 0) is 45.3 Å². The molecule has 0 radical (unpaired) electrons. The van der Waals surface area contributed by atoms with Gasteiger partial charge in [0.05, 0.1) is 11.9 Å². The van der Waals surface area contributed by atoms with E-state index in [0.717, 1.165) is 30.5 Å². The second-order valence-electron chi connectivity index (χ2n) is 5.22. The number of nitrogens with two attached hydrogens (primary N) is 1. The summed E-state index contributed by atoms with van der Waals surface area (Å²) in [4.78, 5) is 18.4. The average molecular weight is 277 g/mol. The van der Waals surface area contributed by atoms with Crippen molar-refractivity contribution in [2.24, 2.45) is 10.7 Å². The van der Waals surface area contributed by atoms with Gasteiger partial charge in [0.25, 0.3) is 0 Å². The van der Waals surface area contributed by atoms with E-state index in [2.05, 4.69) is 18.8 Å². The molecule has 0 aromatic rings. The first kappa shape index (κ1) is 16.5. The number of carbonyl (C=O) groups is 1. The summed E-state index contributed by atoms with van der Waals surface area (Å²) in [6, 6.07) is 0.357. The summed E-state index contributed by atoms with van der Waals surface area (Å²) in [7, 11) is 0. The molecule has 1 atom stereocenters. The van der Waals surface area contributed by atoms with Crippen LogP contribution < -0.4 is 5.73 Å². The molecule has 0 spiro atoms. The van der Waals surface area contributed by atoms with Gasteiger partial charge in [0.2, 0.25) is 5.91 Å². The fourth-order valence-electron chi connectivity index (χ4n) is 2.74. The van der Waals surface area contributed by atoms with Crippen LogP contribution in [-0.4, -0.2) is 28.7 Å². The first-order valence-electron chi connectivity index (χ1n) is 7.55. The number of allylic oxidation sites excluding steroid dienone is 1. The van der Waals surface area contributed by atoms with E-state index in [1.807, 2.05) is 31.7 Å². The molecule has 2 N–H and O–H groups in total. The molecule has 1 unspecified atom stereocenters. The SMILES string of the molecule is C/C1=C2\C=CC(=O)N(C(C)C)C2CCCC(N)=N1.CC. The summed E-state index contributed by atoms with van der Waals surface area (Å²) in [6.45, 7) is 10.1. The van der Waals surface area contributed by atoms with Crippen molar-refractivity contribution >= 4 is 11.7 Å². The minimum absolute atomic E-state index is 0.101. The molecule has 0 fully saturated rings. The molecule has 112 valence electrons. The Hall–Kier alpha value is -1.58. The summed E-state index contributed by atoms with van der Waals surface area (Å²) < 4.78 is 0. The van der Waals surface area contributed by atoms with E-state index in [1.165, 1.54) is 0 Å². The zero-order valence-corrected chi connectivity index (χ0v) is 13.3. The van der Waals surface area contributed by atoms with Gasteiger partial charge >= 0.3 is 0 Å². The van der Waals surface area contributed by atoms with Gasteiger partial charge < -0.3 is 10.6 Å². The molecule has 2 aliphatic heterocycles. The van der Waals surface area contributed by atoms with Crippen LogP contribution in [0, 0.1) is 0 Å². The van der Waals surface area contributed by atoms with E-state index in [0.29, 0.717) is 5.84 Å². The lowest BCUT2D eigenvalue weighted by molar-refractivity contribution is -0.130. The molecule has 0 aliphatic carbocycles. The van der Waals surface area contributed by atoms with Crippen LogP contribution in [-0.2, 0) is 4.79 Å². The number of amides is 1. The fourth-order valence-corrected chi connectivity index (χ4v) is 2.74. The highest BCUT2D eigenvalue weighted by atomic mass is 16.2. The standard InChI is InChI=1S/C14H21N3O.C2H6/c1-9(2)17-12-5-4-6-13(15)16-10(3)11(12)7-8-14(17)18;1-2/h7-9,12H,4-6H2,1-3H3,(H2,15,16);1-2H3/b11-10-;. The van der Waals surface area contributed by atoms with E-state index < -0.39 is 0 Å². The molecule has 2 rings (SSSR count). The van der Waals surface area contributed by atoms with Crippen LogP contribution in [0.15, 0.2) is 28.4 Å². The molecule has 4 nitrogen and oxygen atoms in total. The molecule has 0 saturated carbocycles. The summed E-state index contributed by atoms with van der Waals surface area (Å²) in [5.41, 5.74) is 7.92. The number of hydrogen-bond donors (Lipinski definition) is 1. The predicted octanol–water partition coefficient (Wildman–Crippen LogP) is 3.00. The van der Waals surface area contributed by atoms with Crippen LogP contribution in [0.5, 0.6) is 0 Å². The molecule has 2 aliphatic rings. The zero-order valence-electron chi connectivity index (χ0n) is 13.3. The van der Waals surface area contributed by atoms with Gasteiger partial charge in [0.1, 0.15) is 0 Å². The van der Waals surface area contributed by atoms with Gasteiger partial charge in [-0.1, -0.05) is 13.8 Å². The summed E-state index contributed by atoms with van der Waals surface area (Å²) in [5.74, 6) is 0.795. The van der Waals surface area contributed by atoms with Crippen molar-refractivity contribution in [1.29, 1.82) is 0 Å². The van der Waals surface area contributed by atoms with Gasteiger partial charge in [0.15, 0.2) is 0 Å². The third-order valence-electron chi connectivity index (χ3n) is 3.55. The largest absolute Gasteiger partial charge is 0.387 e. The lowest BCUT2D eigenvalue weighted by Gasteiger charge is -2.38. The molecule has 2 heterocycles. The van der Waals surface area contributed by atoms with Gasteiger partial charge in [-0.2, -0.15) is 0 Å². The normalized spacial score (nSPS) is 26.3. The highest BCUT2D eigenvalue weighted by Crippen LogP contribution is 2.29. The van der Waals surface area contributed by atoms with Crippen molar-refractivity contribution in [2.75, 3.05) is 0 Å². The number of carbonyl (C=O) groups excluding carboxylic acids is 1. The van der Waals surface area contributed by atoms with Crippen molar-refractivity contribution < 1.29 is 4.79 Å². The highest BCUT2D eigenvalue weighted by Gasteiger charge is 2.31. The molecule has 1 amide bonds. The zero-order chi connectivity index (χ0) is 15.3. The van der Waals surface area contributed by atoms with E-state index >= 15 is 0 Å². The maximum Gasteiger partial charge on any atom is 0.247 e. The Morgan fingerprint density at radius 3 is 2.60 bits per heavy atom. The second kappa shape index (κ2) is 7.27. The van der Waals surface area contributed by atoms with Crippen LogP contribution >= 0.6 is 0 Å². The third kappa shape index (κ3) is 3.50. The lowest BCUT2D eigenvalue weighted by atomic mass is 9.92. The smallest absolute Gasteiger partial charge is 0.247 e. The van der Waals surface area contributed by atoms with Crippen molar-refractivity contribution in [1.82, 2.24) is 4.90 Å². The minimum atomic E-state index is 0.101. The van der Waals surface area contributed by atoms with E-state index in [-0.39, 0.29) is 18.0 Å². The average Bonchev–Trinajstić information content (AvgIpc) is 2.39. The van der Waals surface area contributed by atoms with Crippen molar-refractivity contribution in [3.63, 3.8) is 0 Å². The minimum Gasteiger partial charge on any atom is -0.387 e. The summed E-state index contributed by atoms with van der Waals surface area (Å²) in [5, 5.41) is 0. The predicted molar refractivity (Wildman–Crippen MR) is 84.4 cm³/mol. The van der Waals surface area contributed by atoms with Gasteiger partial charge in [-0.25, -0.2) is 4.99 Å². The van der Waals surface area contributed by atoms with E-state index in [1.54, 1.807) is 6.08 Å². The van der Waals surface area contributed by atoms with Crippen molar-refractivity contribution in [3.05, 3.63) is 23.4 Å². The van der Waals surface area contributed by atoms with Gasteiger partial charge in [-0.15, -0.1) is 0 Å². The second-order valence-corrected chi connectivity index (χ2v) is 5.22. The molecular formula is C16H27N3O. The van der Waals surface area contributed by atoms with Crippen LogP contribution in [0.3, 0.4) is 0 Å². The third-order valence-corrected chi connectivity index (χ3v) is 3.55. The molecule has 0 saturated heterocycles. The van der Waals surface area contributed by atoms with Crippen molar-refractivity contribution in [3.8, 4) is 0 Å². The first-order valence-corrected chi connectivity index (χ1v) is 7.55. The van der Waals surface area contributed by atoms with Crippen LogP contribution in [0.1, 0.15) is 53.9 Å². The maximum absolute atomic E-state index is 12.0. The van der Waals surface area contributed by atoms with Crippen molar-refractivity contribution in [2.45, 2.75) is 66.0 Å². The maximum atomic E-state index is 12.0. The number of nitrogens with zero attached hydrogens (tertiary/aromatic N) is 2. The number of aliphatic imine (C=N–C) groups is 1. The number of rotatable bonds is 1. The van der Waals surface area contributed by atoms with Crippen LogP contribution in [0.4, 0.5) is 0 Å². The topological polar surface area (TPSA) is 58.7 Å². The number of hydrogen-bond acceptors (Lipinski definition) is 3. The Balaban J connectivity index is 0.000000956. The summed E-state index contributed by atoms with van der Waals surface area (Å²) in [6.07, 6.45) is 6.29. The Bertz CT molecular complexity index is 447. The highest BCUT2D eigenvalue weighted by molar-refractivity contribution is 5.91. The Labute approximate surface area is 122 Å². The Kier molecular flexibility index (Phi) is 5.99. The van der Waals surface area contributed by atoms with Gasteiger partial charge in [-0.3, -0.25) is 4.79 Å². The molecule has 0 aromatic carbocycles. The quantitative estimate of drug-likeness (QED) is 0.801. The van der Waals surface area contributed by atoms with Crippen LogP contribution in [0.25, 0.3) is 0 Å². The van der Waals surface area contributed by atoms with Gasteiger partial charge in [0, 0.05) is 24.2 Å². The lowest BCUT2D eigenvalue weighted by Crippen LogP contribution is -2.47. The molecule has 0 aromatic heterocycles. The van der Waals surface area contributed by atoms with Crippen LogP contribution in [0.2, 0.25) is 0 Å². The number of fused-ring (bicyclic) bond motifs is 1. The van der Waals surface area contributed by atoms with E-state index in [9.17, 15) is 4.79 Å². The monoisotopic (exact) mass is 277 g/mol. The fraction of sp³-hybridized carbons (Fsp3) is 0.625. The Morgan fingerprint density at radius 1 is 1.35 bits per heavy atom. The molecule has 4 heteroatoms. The molecule has 0 bridgehead atoms. The molecule has 20 heavy (non-hydrogen) atoms. The number of amidine groups is 1. The Morgan fingerprint density at radius 2 is 2.00 bits per heavy atom. The first-order chi connectivity index (χ1) is 9.50. The summed E-state index contributed by atoms with van der Waals surface area (Å²) >= 11 is 0. The molecular weight excluding hydrogens is 250 g/mol.